The number of benzene rings is 2. The van der Waals surface area contributed by atoms with Gasteiger partial charge in [-0.15, -0.1) is 0 Å². The molecule has 1 atom stereocenters. The van der Waals surface area contributed by atoms with Crippen LogP contribution in [0.25, 0.3) is 6.08 Å². The van der Waals surface area contributed by atoms with Crippen LogP contribution in [-0.2, 0) is 14.3 Å². The molecule has 0 aliphatic carbocycles. The monoisotopic (exact) mass is 404 g/mol. The molecule has 0 aliphatic rings. The van der Waals surface area contributed by atoms with Crippen LogP contribution >= 0.6 is 0 Å². The molecule has 0 spiro atoms. The number of nitrogens with zero attached hydrogens (tertiary/aromatic N) is 1. The molecule has 154 valence electrons. The van der Waals surface area contributed by atoms with E-state index in [-0.39, 0.29) is 11.4 Å². The molecule has 1 N–H and O–H groups in total. The summed E-state index contributed by atoms with van der Waals surface area (Å²) in [5.74, 6) is -1.21. The first-order valence-electron chi connectivity index (χ1n) is 9.56. The molecule has 2 rings (SSSR count). The summed E-state index contributed by atoms with van der Waals surface area (Å²) in [4.78, 5) is 36.1. The zero-order valence-electron chi connectivity index (χ0n) is 17.4. The maximum absolute atomic E-state index is 12.3. The molecule has 2 aromatic rings. The van der Waals surface area contributed by atoms with Crippen molar-refractivity contribution in [1.29, 1.82) is 5.26 Å². The highest BCUT2D eigenvalue weighted by Gasteiger charge is 2.21. The van der Waals surface area contributed by atoms with Gasteiger partial charge >= 0.3 is 5.97 Å². The van der Waals surface area contributed by atoms with Crippen molar-refractivity contribution < 1.29 is 19.1 Å². The quantitative estimate of drug-likeness (QED) is 0.317. The number of hydrogen-bond donors (Lipinski definition) is 1. The van der Waals surface area contributed by atoms with Crippen molar-refractivity contribution in [3.63, 3.8) is 0 Å². The van der Waals surface area contributed by atoms with Crippen LogP contribution in [-0.4, -0.2) is 23.8 Å². The van der Waals surface area contributed by atoms with E-state index in [4.69, 9.17) is 4.74 Å². The third-order valence-electron chi connectivity index (χ3n) is 4.44. The molecule has 6 heteroatoms. The molecular formula is C24H24N2O4. The van der Waals surface area contributed by atoms with Crippen LogP contribution in [0.4, 0.5) is 5.69 Å². The lowest BCUT2D eigenvalue weighted by Crippen LogP contribution is -2.30. The fourth-order valence-electron chi connectivity index (χ4n) is 2.62. The van der Waals surface area contributed by atoms with Crippen LogP contribution < -0.4 is 5.32 Å². The molecule has 0 fully saturated rings. The second kappa shape index (κ2) is 10.2. The zero-order chi connectivity index (χ0) is 22.3. The summed E-state index contributed by atoms with van der Waals surface area (Å²) < 4.78 is 5.14. The van der Waals surface area contributed by atoms with Gasteiger partial charge in [0.1, 0.15) is 11.6 Å². The summed E-state index contributed by atoms with van der Waals surface area (Å²) in [6.45, 7) is 6.99. The number of rotatable bonds is 7. The summed E-state index contributed by atoms with van der Waals surface area (Å²) in [6, 6.07) is 15.8. The van der Waals surface area contributed by atoms with Gasteiger partial charge in [0.15, 0.2) is 11.9 Å². The minimum atomic E-state index is -1.13. The van der Waals surface area contributed by atoms with Crippen molar-refractivity contribution in [2.24, 2.45) is 0 Å². The second-order valence-corrected chi connectivity index (χ2v) is 7.16. The molecule has 0 aromatic heterocycles. The van der Waals surface area contributed by atoms with E-state index < -0.39 is 18.0 Å². The van der Waals surface area contributed by atoms with E-state index in [0.717, 1.165) is 5.56 Å². The van der Waals surface area contributed by atoms with Gasteiger partial charge in [0.05, 0.1) is 0 Å². The molecule has 0 bridgehead atoms. The molecule has 30 heavy (non-hydrogen) atoms. The average molecular weight is 404 g/mol. The number of nitriles is 1. The van der Waals surface area contributed by atoms with Crippen molar-refractivity contribution in [1.82, 2.24) is 0 Å². The number of anilines is 1. The maximum Gasteiger partial charge on any atom is 0.349 e. The highest BCUT2D eigenvalue weighted by atomic mass is 16.5. The first kappa shape index (κ1) is 22.6. The molecule has 0 aliphatic heterocycles. The Labute approximate surface area is 176 Å². The third-order valence-corrected chi connectivity index (χ3v) is 4.44. The number of ketones is 1. The van der Waals surface area contributed by atoms with Gasteiger partial charge in [0, 0.05) is 11.3 Å². The fourth-order valence-corrected chi connectivity index (χ4v) is 2.62. The Morgan fingerprint density at radius 1 is 1.07 bits per heavy atom. The molecule has 0 radical (unpaired) electrons. The number of carbonyl (C=O) groups is 3. The second-order valence-electron chi connectivity index (χ2n) is 7.16. The smallest absolute Gasteiger partial charge is 0.349 e. The third kappa shape index (κ3) is 6.14. The summed E-state index contributed by atoms with van der Waals surface area (Å²) in [5, 5.41) is 11.9. The molecule has 0 saturated heterocycles. The van der Waals surface area contributed by atoms with Crippen LogP contribution in [0, 0.1) is 11.3 Å². The Kier molecular flexibility index (Phi) is 7.65. The van der Waals surface area contributed by atoms with Crippen LogP contribution in [0.3, 0.4) is 0 Å². The number of amides is 1. The Bertz CT molecular complexity index is 1010. The number of esters is 1. The summed E-state index contributed by atoms with van der Waals surface area (Å²) in [6.07, 6.45) is 0.298. The van der Waals surface area contributed by atoms with Crippen LogP contribution in [0.1, 0.15) is 55.1 Å². The van der Waals surface area contributed by atoms with Gasteiger partial charge in [-0.3, -0.25) is 9.59 Å². The normalized spacial score (nSPS) is 12.1. The SMILES string of the molecule is CC(=O)c1cccc(NC(=O)[C@@H](C)OC(=O)/C(C#N)=C/c2ccc(C(C)C)cc2)c1. The molecular weight excluding hydrogens is 380 g/mol. The number of ether oxygens (including phenoxy) is 1. The number of hydrogen-bond acceptors (Lipinski definition) is 5. The van der Waals surface area contributed by atoms with Gasteiger partial charge in [0.25, 0.3) is 5.91 Å². The lowest BCUT2D eigenvalue weighted by atomic mass is 10.0. The van der Waals surface area contributed by atoms with Crippen molar-refractivity contribution in [3.05, 3.63) is 70.8 Å². The number of Topliss-reactive ketones (excluding diaryl/α,β-unsaturated/α-hetero) is 1. The zero-order valence-corrected chi connectivity index (χ0v) is 17.4. The van der Waals surface area contributed by atoms with Crippen molar-refractivity contribution in [2.45, 2.75) is 39.7 Å². The van der Waals surface area contributed by atoms with Gasteiger partial charge in [-0.05, 0) is 49.1 Å². The lowest BCUT2D eigenvalue weighted by Gasteiger charge is -2.13. The predicted molar refractivity (Wildman–Crippen MR) is 115 cm³/mol. The highest BCUT2D eigenvalue weighted by molar-refractivity contribution is 6.01. The fraction of sp³-hybridized carbons (Fsp3) is 0.250. The topological polar surface area (TPSA) is 96.3 Å². The maximum atomic E-state index is 12.3. The minimum Gasteiger partial charge on any atom is -0.448 e. The summed E-state index contributed by atoms with van der Waals surface area (Å²) in [7, 11) is 0. The first-order valence-corrected chi connectivity index (χ1v) is 9.56. The molecule has 0 saturated carbocycles. The van der Waals surface area contributed by atoms with E-state index in [1.54, 1.807) is 18.2 Å². The molecule has 6 nitrogen and oxygen atoms in total. The highest BCUT2D eigenvalue weighted by Crippen LogP contribution is 2.17. The van der Waals surface area contributed by atoms with Crippen LogP contribution in [0.15, 0.2) is 54.1 Å². The Morgan fingerprint density at radius 2 is 1.73 bits per heavy atom. The summed E-state index contributed by atoms with van der Waals surface area (Å²) >= 11 is 0. The van der Waals surface area contributed by atoms with E-state index >= 15 is 0 Å². The first-order chi connectivity index (χ1) is 14.2. The van der Waals surface area contributed by atoms with Crippen molar-refractivity contribution in [2.75, 3.05) is 5.32 Å². The number of nitrogens with one attached hydrogen (secondary N) is 1. The summed E-state index contributed by atoms with van der Waals surface area (Å²) in [5.41, 5.74) is 2.50. The minimum absolute atomic E-state index is 0.129. The van der Waals surface area contributed by atoms with E-state index in [9.17, 15) is 19.6 Å². The average Bonchev–Trinajstić information content (AvgIpc) is 2.72. The molecule has 2 aromatic carbocycles. The van der Waals surface area contributed by atoms with E-state index in [0.29, 0.717) is 22.7 Å². The Hall–Kier alpha value is -3.72. The largest absolute Gasteiger partial charge is 0.448 e. The van der Waals surface area contributed by atoms with Gasteiger partial charge in [-0.1, -0.05) is 50.2 Å². The van der Waals surface area contributed by atoms with Crippen molar-refractivity contribution >= 4 is 29.4 Å². The lowest BCUT2D eigenvalue weighted by molar-refractivity contribution is -0.148. The predicted octanol–water partition coefficient (Wildman–Crippen LogP) is 4.49. The van der Waals surface area contributed by atoms with Gasteiger partial charge < -0.3 is 10.1 Å². The van der Waals surface area contributed by atoms with Gasteiger partial charge in [-0.2, -0.15) is 5.26 Å². The Morgan fingerprint density at radius 3 is 2.30 bits per heavy atom. The standard InChI is InChI=1S/C24H24N2O4/c1-15(2)19-10-8-18(9-11-19)12-21(14-25)24(29)30-17(4)23(28)26-22-7-5-6-20(13-22)16(3)27/h5-13,15,17H,1-4H3,(H,26,28)/b21-12+/t17-/m1/s1. The molecule has 0 unspecified atom stereocenters. The molecule has 1 amide bonds. The van der Waals surface area contributed by atoms with Crippen LogP contribution in [0.2, 0.25) is 0 Å². The van der Waals surface area contributed by atoms with E-state index in [2.05, 4.69) is 19.2 Å². The Balaban J connectivity index is 2.05. The number of carbonyl (C=O) groups excluding carboxylic acids is 3. The van der Waals surface area contributed by atoms with Crippen molar-refractivity contribution in [3.8, 4) is 6.07 Å². The van der Waals surface area contributed by atoms with Crippen LogP contribution in [0.5, 0.6) is 0 Å². The van der Waals surface area contributed by atoms with E-state index in [1.807, 2.05) is 30.3 Å². The van der Waals surface area contributed by atoms with Gasteiger partial charge in [0.2, 0.25) is 0 Å². The van der Waals surface area contributed by atoms with E-state index in [1.165, 1.54) is 26.0 Å². The van der Waals surface area contributed by atoms with Gasteiger partial charge in [-0.25, -0.2) is 4.79 Å². The molecule has 0 heterocycles.